The van der Waals surface area contributed by atoms with Crippen LogP contribution in [0.5, 0.6) is 0 Å². The summed E-state index contributed by atoms with van der Waals surface area (Å²) in [6, 6.07) is 5.82. The van der Waals surface area contributed by atoms with Crippen LogP contribution in [0.3, 0.4) is 0 Å². The van der Waals surface area contributed by atoms with Crippen molar-refractivity contribution < 1.29 is 0 Å². The van der Waals surface area contributed by atoms with Gasteiger partial charge in [-0.3, -0.25) is 4.98 Å². The second kappa shape index (κ2) is 8.20. The van der Waals surface area contributed by atoms with Gasteiger partial charge in [0.15, 0.2) is 5.82 Å². The first-order valence-electron chi connectivity index (χ1n) is 8.97. The van der Waals surface area contributed by atoms with Crippen molar-refractivity contribution in [1.82, 2.24) is 19.9 Å². The monoisotopic (exact) mass is 325 g/mol. The Hall–Kier alpha value is -2.01. The molecule has 0 saturated carbocycles. The molecular weight excluding hydrogens is 298 g/mol. The van der Waals surface area contributed by atoms with Crippen molar-refractivity contribution in [2.45, 2.75) is 39.5 Å². The maximum Gasteiger partial charge on any atom is 0.180 e. The van der Waals surface area contributed by atoms with E-state index in [1.54, 1.807) is 6.20 Å². The fourth-order valence-corrected chi connectivity index (χ4v) is 3.10. The van der Waals surface area contributed by atoms with Gasteiger partial charge >= 0.3 is 0 Å². The van der Waals surface area contributed by atoms with Crippen LogP contribution in [0.25, 0.3) is 11.5 Å². The van der Waals surface area contributed by atoms with E-state index in [1.165, 1.54) is 38.8 Å². The molecule has 0 aliphatic carbocycles. The molecule has 0 spiro atoms. The third-order valence-electron chi connectivity index (χ3n) is 4.70. The number of rotatable bonds is 5. The van der Waals surface area contributed by atoms with E-state index in [9.17, 15) is 0 Å². The van der Waals surface area contributed by atoms with Gasteiger partial charge in [-0.25, -0.2) is 9.97 Å². The molecule has 0 radical (unpaired) electrons. The van der Waals surface area contributed by atoms with E-state index in [1.807, 2.05) is 25.1 Å². The molecule has 1 fully saturated rings. The van der Waals surface area contributed by atoms with Gasteiger partial charge in [0.2, 0.25) is 0 Å². The predicted octanol–water partition coefficient (Wildman–Crippen LogP) is 3.44. The van der Waals surface area contributed by atoms with Gasteiger partial charge in [-0.15, -0.1) is 0 Å². The van der Waals surface area contributed by atoms with Crippen molar-refractivity contribution in [3.8, 4) is 11.5 Å². The van der Waals surface area contributed by atoms with E-state index in [2.05, 4.69) is 27.1 Å². The lowest BCUT2D eigenvalue weighted by molar-refractivity contribution is 0.296. The summed E-state index contributed by atoms with van der Waals surface area (Å²) in [7, 11) is 0. The summed E-state index contributed by atoms with van der Waals surface area (Å²) in [5.74, 6) is 1.62. The highest BCUT2D eigenvalue weighted by Crippen LogP contribution is 2.20. The summed E-state index contributed by atoms with van der Waals surface area (Å²) in [5, 5.41) is 3.51. The normalized spacial score (nSPS) is 15.9. The Bertz CT molecular complexity index is 648. The van der Waals surface area contributed by atoms with Crippen molar-refractivity contribution in [2.75, 3.05) is 31.5 Å². The number of anilines is 1. The van der Waals surface area contributed by atoms with Gasteiger partial charge < -0.3 is 10.2 Å². The minimum atomic E-state index is 0.691. The van der Waals surface area contributed by atoms with Gasteiger partial charge in [-0.2, -0.15) is 0 Å². The van der Waals surface area contributed by atoms with Crippen LogP contribution >= 0.6 is 0 Å². The van der Waals surface area contributed by atoms with Crippen LogP contribution in [0.15, 0.2) is 24.4 Å². The average molecular weight is 325 g/mol. The molecule has 0 bridgehead atoms. The molecule has 2 aromatic heterocycles. The van der Waals surface area contributed by atoms with E-state index >= 15 is 0 Å². The van der Waals surface area contributed by atoms with Gasteiger partial charge in [-0.05, 0) is 51.9 Å². The van der Waals surface area contributed by atoms with Crippen LogP contribution in [-0.2, 0) is 0 Å². The maximum absolute atomic E-state index is 4.70. The lowest BCUT2D eigenvalue weighted by atomic mass is 10.2. The molecular formula is C19H27N5. The maximum atomic E-state index is 4.70. The number of hydrogen-bond donors (Lipinski definition) is 1. The van der Waals surface area contributed by atoms with Crippen molar-refractivity contribution >= 4 is 5.82 Å². The van der Waals surface area contributed by atoms with E-state index in [4.69, 9.17) is 4.98 Å². The molecule has 1 saturated heterocycles. The smallest absolute Gasteiger partial charge is 0.180 e. The van der Waals surface area contributed by atoms with E-state index in [0.29, 0.717) is 5.82 Å². The Morgan fingerprint density at radius 3 is 2.54 bits per heavy atom. The van der Waals surface area contributed by atoms with Crippen LogP contribution in [0, 0.1) is 13.8 Å². The number of likely N-dealkylation sites (tertiary alicyclic amines) is 1. The molecule has 2 aromatic rings. The summed E-state index contributed by atoms with van der Waals surface area (Å²) in [6.45, 7) is 8.54. The minimum Gasteiger partial charge on any atom is -0.368 e. The molecule has 1 N–H and O–H groups in total. The zero-order valence-corrected chi connectivity index (χ0v) is 14.8. The highest BCUT2D eigenvalue weighted by Gasteiger charge is 2.12. The lowest BCUT2D eigenvalue weighted by Crippen LogP contribution is -2.30. The summed E-state index contributed by atoms with van der Waals surface area (Å²) in [6.07, 6.45) is 7.19. The van der Waals surface area contributed by atoms with Crippen LogP contribution < -0.4 is 5.32 Å². The lowest BCUT2D eigenvalue weighted by Gasteiger charge is -2.20. The van der Waals surface area contributed by atoms with Crippen LogP contribution in [0.4, 0.5) is 5.82 Å². The molecule has 0 unspecified atom stereocenters. The average Bonchev–Trinajstić information content (AvgIpc) is 2.88. The second-order valence-corrected chi connectivity index (χ2v) is 6.50. The number of pyridine rings is 1. The quantitative estimate of drug-likeness (QED) is 0.912. The Morgan fingerprint density at radius 2 is 1.83 bits per heavy atom. The zero-order valence-electron chi connectivity index (χ0n) is 14.8. The van der Waals surface area contributed by atoms with E-state index in [-0.39, 0.29) is 0 Å². The zero-order chi connectivity index (χ0) is 16.8. The molecule has 128 valence electrons. The first-order chi connectivity index (χ1) is 11.7. The van der Waals surface area contributed by atoms with Gasteiger partial charge in [-0.1, -0.05) is 18.9 Å². The van der Waals surface area contributed by atoms with Crippen LogP contribution in [0.2, 0.25) is 0 Å². The highest BCUT2D eigenvalue weighted by molar-refractivity contribution is 5.56. The van der Waals surface area contributed by atoms with Crippen molar-refractivity contribution in [3.05, 3.63) is 35.7 Å². The highest BCUT2D eigenvalue weighted by atomic mass is 15.1. The predicted molar refractivity (Wildman–Crippen MR) is 98.1 cm³/mol. The number of nitrogens with one attached hydrogen (secondary N) is 1. The Kier molecular flexibility index (Phi) is 5.75. The SMILES string of the molecule is Cc1nc(-c2ccccn2)nc(NCCN2CCCCCC2)c1C. The van der Waals surface area contributed by atoms with E-state index < -0.39 is 0 Å². The number of aromatic nitrogens is 3. The topological polar surface area (TPSA) is 53.9 Å². The molecule has 0 aromatic carbocycles. The van der Waals surface area contributed by atoms with Crippen molar-refractivity contribution in [1.29, 1.82) is 0 Å². The first kappa shape index (κ1) is 16.8. The third-order valence-corrected chi connectivity index (χ3v) is 4.70. The summed E-state index contributed by atoms with van der Waals surface area (Å²) >= 11 is 0. The van der Waals surface area contributed by atoms with E-state index in [0.717, 1.165) is 35.9 Å². The molecule has 5 nitrogen and oxygen atoms in total. The van der Waals surface area contributed by atoms with Crippen LogP contribution in [-0.4, -0.2) is 46.0 Å². The largest absolute Gasteiger partial charge is 0.368 e. The molecule has 0 atom stereocenters. The minimum absolute atomic E-state index is 0.691. The molecule has 1 aliphatic rings. The number of nitrogens with zero attached hydrogens (tertiary/aromatic N) is 4. The summed E-state index contributed by atoms with van der Waals surface area (Å²) < 4.78 is 0. The Morgan fingerprint density at radius 1 is 1.04 bits per heavy atom. The molecule has 1 aliphatic heterocycles. The molecule has 3 heterocycles. The standard InChI is InChI=1S/C19H27N5/c1-15-16(2)22-19(17-9-5-6-10-20-17)23-18(15)21-11-14-24-12-7-3-4-8-13-24/h5-6,9-10H,3-4,7-8,11-14H2,1-2H3,(H,21,22,23). The van der Waals surface area contributed by atoms with Crippen molar-refractivity contribution in [2.24, 2.45) is 0 Å². The van der Waals surface area contributed by atoms with Gasteiger partial charge in [0, 0.05) is 30.5 Å². The molecule has 24 heavy (non-hydrogen) atoms. The number of hydrogen-bond acceptors (Lipinski definition) is 5. The van der Waals surface area contributed by atoms with Gasteiger partial charge in [0.1, 0.15) is 11.5 Å². The second-order valence-electron chi connectivity index (χ2n) is 6.50. The molecule has 0 amide bonds. The molecule has 5 heteroatoms. The van der Waals surface area contributed by atoms with Crippen molar-refractivity contribution in [3.63, 3.8) is 0 Å². The first-order valence-corrected chi connectivity index (χ1v) is 8.97. The molecule has 3 rings (SSSR count). The van der Waals surface area contributed by atoms with Gasteiger partial charge in [0.25, 0.3) is 0 Å². The number of aryl methyl sites for hydroxylation is 1. The summed E-state index contributed by atoms with van der Waals surface area (Å²) in [5.41, 5.74) is 2.93. The fourth-order valence-electron chi connectivity index (χ4n) is 3.10. The third kappa shape index (κ3) is 4.29. The Balaban J connectivity index is 1.67. The summed E-state index contributed by atoms with van der Waals surface area (Å²) in [4.78, 5) is 16.2. The van der Waals surface area contributed by atoms with Gasteiger partial charge in [0.05, 0.1) is 0 Å². The van der Waals surface area contributed by atoms with Crippen LogP contribution in [0.1, 0.15) is 36.9 Å². The Labute approximate surface area is 144 Å². The fraction of sp³-hybridized carbons (Fsp3) is 0.526.